The van der Waals surface area contributed by atoms with E-state index in [1.54, 1.807) is 13.3 Å². The SMILES string of the molecule is COc1ccc(C(CC(=O)Nc2cccnc2N2CCCC2)NC(C)=O)cc1. The monoisotopic (exact) mass is 382 g/mol. The number of rotatable bonds is 7. The van der Waals surface area contributed by atoms with Crippen molar-refractivity contribution in [2.75, 3.05) is 30.4 Å². The first kappa shape index (κ1) is 19.7. The molecule has 1 atom stereocenters. The third-order valence-corrected chi connectivity index (χ3v) is 4.75. The number of benzene rings is 1. The maximum atomic E-state index is 12.7. The van der Waals surface area contributed by atoms with Crippen molar-refractivity contribution >= 4 is 23.3 Å². The van der Waals surface area contributed by atoms with Gasteiger partial charge in [0.2, 0.25) is 11.8 Å². The number of nitrogens with zero attached hydrogens (tertiary/aromatic N) is 2. The number of amides is 2. The molecule has 0 radical (unpaired) electrons. The second kappa shape index (κ2) is 9.21. The summed E-state index contributed by atoms with van der Waals surface area (Å²) in [4.78, 5) is 31.0. The van der Waals surface area contributed by atoms with Crippen LogP contribution in [0.1, 0.15) is 37.8 Å². The lowest BCUT2D eigenvalue weighted by Crippen LogP contribution is -2.30. The predicted molar refractivity (Wildman–Crippen MR) is 108 cm³/mol. The van der Waals surface area contributed by atoms with Crippen LogP contribution in [0, 0.1) is 0 Å². The Labute approximate surface area is 165 Å². The van der Waals surface area contributed by atoms with Gasteiger partial charge in [-0.3, -0.25) is 9.59 Å². The minimum absolute atomic E-state index is 0.125. The lowest BCUT2D eigenvalue weighted by molar-refractivity contribution is -0.120. The molecular weight excluding hydrogens is 356 g/mol. The van der Waals surface area contributed by atoms with E-state index in [2.05, 4.69) is 20.5 Å². The summed E-state index contributed by atoms with van der Waals surface area (Å²) in [5.74, 6) is 1.16. The summed E-state index contributed by atoms with van der Waals surface area (Å²) in [6.45, 7) is 3.33. The number of aromatic nitrogens is 1. The van der Waals surface area contributed by atoms with E-state index in [9.17, 15) is 9.59 Å². The Kier molecular flexibility index (Phi) is 6.47. The van der Waals surface area contributed by atoms with Crippen molar-refractivity contribution in [1.82, 2.24) is 10.3 Å². The fourth-order valence-electron chi connectivity index (χ4n) is 3.40. The molecule has 2 amide bonds. The molecule has 1 saturated heterocycles. The van der Waals surface area contributed by atoms with E-state index in [4.69, 9.17) is 4.74 Å². The van der Waals surface area contributed by atoms with Crippen LogP contribution in [0.5, 0.6) is 5.75 Å². The molecule has 1 aromatic heterocycles. The fraction of sp³-hybridized carbons (Fsp3) is 0.381. The van der Waals surface area contributed by atoms with E-state index in [-0.39, 0.29) is 18.2 Å². The number of ether oxygens (including phenoxy) is 1. The van der Waals surface area contributed by atoms with E-state index < -0.39 is 6.04 Å². The molecule has 2 N–H and O–H groups in total. The van der Waals surface area contributed by atoms with Gasteiger partial charge in [-0.1, -0.05) is 12.1 Å². The summed E-state index contributed by atoms with van der Waals surface area (Å²) in [5, 5.41) is 5.82. The van der Waals surface area contributed by atoms with Gasteiger partial charge >= 0.3 is 0 Å². The van der Waals surface area contributed by atoms with Crippen LogP contribution in [0.2, 0.25) is 0 Å². The van der Waals surface area contributed by atoms with Crippen LogP contribution < -0.4 is 20.3 Å². The largest absolute Gasteiger partial charge is 0.497 e. The molecule has 7 nitrogen and oxygen atoms in total. The van der Waals surface area contributed by atoms with E-state index in [0.717, 1.165) is 43.1 Å². The first-order valence-electron chi connectivity index (χ1n) is 9.47. The third kappa shape index (κ3) is 5.00. The Morgan fingerprint density at radius 3 is 2.54 bits per heavy atom. The normalized spacial score (nSPS) is 14.4. The molecule has 1 aliphatic rings. The van der Waals surface area contributed by atoms with Crippen molar-refractivity contribution in [3.05, 3.63) is 48.2 Å². The third-order valence-electron chi connectivity index (χ3n) is 4.75. The summed E-state index contributed by atoms with van der Waals surface area (Å²) in [6, 6.07) is 10.6. The molecule has 0 bridgehead atoms. The molecule has 1 fully saturated rings. The zero-order valence-electron chi connectivity index (χ0n) is 16.3. The summed E-state index contributed by atoms with van der Waals surface area (Å²) >= 11 is 0. The Hall–Kier alpha value is -3.09. The number of methoxy groups -OCH3 is 1. The summed E-state index contributed by atoms with van der Waals surface area (Å²) in [5.41, 5.74) is 1.54. The van der Waals surface area contributed by atoms with Crippen molar-refractivity contribution in [3.63, 3.8) is 0 Å². The fourth-order valence-corrected chi connectivity index (χ4v) is 3.40. The molecule has 0 spiro atoms. The number of hydrogen-bond acceptors (Lipinski definition) is 5. The number of carbonyl (C=O) groups is 2. The highest BCUT2D eigenvalue weighted by Gasteiger charge is 2.21. The van der Waals surface area contributed by atoms with Gasteiger partial charge in [0.05, 0.1) is 25.3 Å². The second-order valence-corrected chi connectivity index (χ2v) is 6.85. The predicted octanol–water partition coefficient (Wildman–Crippen LogP) is 2.90. The number of hydrogen-bond donors (Lipinski definition) is 2. The average Bonchev–Trinajstić information content (AvgIpc) is 3.22. The highest BCUT2D eigenvalue weighted by atomic mass is 16.5. The Morgan fingerprint density at radius 1 is 1.18 bits per heavy atom. The highest BCUT2D eigenvalue weighted by molar-refractivity contribution is 5.94. The molecule has 7 heteroatoms. The zero-order chi connectivity index (χ0) is 19.9. The van der Waals surface area contributed by atoms with E-state index in [1.807, 2.05) is 36.4 Å². The van der Waals surface area contributed by atoms with Crippen molar-refractivity contribution in [2.24, 2.45) is 0 Å². The van der Waals surface area contributed by atoms with Crippen molar-refractivity contribution < 1.29 is 14.3 Å². The number of pyridine rings is 1. The molecule has 28 heavy (non-hydrogen) atoms. The van der Waals surface area contributed by atoms with Crippen LogP contribution in [0.3, 0.4) is 0 Å². The smallest absolute Gasteiger partial charge is 0.226 e. The van der Waals surface area contributed by atoms with E-state index in [0.29, 0.717) is 5.69 Å². The van der Waals surface area contributed by atoms with Gasteiger partial charge in [0, 0.05) is 26.2 Å². The standard InChI is InChI=1S/C21H26N4O3/c1-15(26)23-19(16-7-9-17(28-2)10-8-16)14-20(27)24-18-6-5-11-22-21(18)25-12-3-4-13-25/h5-11,19H,3-4,12-14H2,1-2H3,(H,23,26)(H,24,27). The number of anilines is 2. The first-order chi connectivity index (χ1) is 13.6. The summed E-state index contributed by atoms with van der Waals surface area (Å²) in [6.07, 6.45) is 4.12. The summed E-state index contributed by atoms with van der Waals surface area (Å²) in [7, 11) is 1.60. The minimum atomic E-state index is -0.421. The van der Waals surface area contributed by atoms with Gasteiger partial charge in [-0.15, -0.1) is 0 Å². The summed E-state index contributed by atoms with van der Waals surface area (Å²) < 4.78 is 5.17. The Balaban J connectivity index is 1.72. The van der Waals surface area contributed by atoms with Crippen LogP contribution in [0.15, 0.2) is 42.6 Å². The van der Waals surface area contributed by atoms with Crippen LogP contribution in [-0.4, -0.2) is 37.0 Å². The molecule has 0 aliphatic carbocycles. The van der Waals surface area contributed by atoms with Crippen LogP contribution in [0.25, 0.3) is 0 Å². The molecule has 2 heterocycles. The number of nitrogens with one attached hydrogen (secondary N) is 2. The number of carbonyl (C=O) groups excluding carboxylic acids is 2. The quantitative estimate of drug-likeness (QED) is 0.769. The van der Waals surface area contributed by atoms with Crippen LogP contribution in [0.4, 0.5) is 11.5 Å². The van der Waals surface area contributed by atoms with Crippen molar-refractivity contribution in [2.45, 2.75) is 32.2 Å². The van der Waals surface area contributed by atoms with Crippen LogP contribution in [-0.2, 0) is 9.59 Å². The van der Waals surface area contributed by atoms with E-state index >= 15 is 0 Å². The van der Waals surface area contributed by atoms with Crippen molar-refractivity contribution in [3.8, 4) is 5.75 Å². The molecule has 148 valence electrons. The molecule has 1 aromatic carbocycles. The van der Waals surface area contributed by atoms with Gasteiger partial charge in [0.15, 0.2) is 5.82 Å². The van der Waals surface area contributed by atoms with Crippen LogP contribution >= 0.6 is 0 Å². The Bertz CT molecular complexity index is 817. The highest BCUT2D eigenvalue weighted by Crippen LogP contribution is 2.27. The van der Waals surface area contributed by atoms with Gasteiger partial charge in [-0.05, 0) is 42.7 Å². The minimum Gasteiger partial charge on any atom is -0.497 e. The molecule has 2 aromatic rings. The lowest BCUT2D eigenvalue weighted by Gasteiger charge is -2.21. The molecular formula is C21H26N4O3. The van der Waals surface area contributed by atoms with Crippen molar-refractivity contribution in [1.29, 1.82) is 0 Å². The van der Waals surface area contributed by atoms with Gasteiger partial charge in [-0.25, -0.2) is 4.98 Å². The lowest BCUT2D eigenvalue weighted by atomic mass is 10.0. The van der Waals surface area contributed by atoms with E-state index in [1.165, 1.54) is 6.92 Å². The topological polar surface area (TPSA) is 83.6 Å². The second-order valence-electron chi connectivity index (χ2n) is 6.85. The zero-order valence-corrected chi connectivity index (χ0v) is 16.3. The first-order valence-corrected chi connectivity index (χ1v) is 9.47. The average molecular weight is 382 g/mol. The van der Waals surface area contributed by atoms with Gasteiger partial charge in [-0.2, -0.15) is 0 Å². The Morgan fingerprint density at radius 2 is 1.89 bits per heavy atom. The van der Waals surface area contributed by atoms with Gasteiger partial charge in [0.25, 0.3) is 0 Å². The molecule has 1 aliphatic heterocycles. The molecule has 0 saturated carbocycles. The molecule has 3 rings (SSSR count). The van der Waals surface area contributed by atoms with Gasteiger partial charge in [0.1, 0.15) is 5.75 Å². The maximum Gasteiger partial charge on any atom is 0.226 e. The maximum absolute atomic E-state index is 12.7. The molecule has 1 unspecified atom stereocenters. The van der Waals surface area contributed by atoms with Gasteiger partial charge < -0.3 is 20.3 Å².